The first-order valence-corrected chi connectivity index (χ1v) is 4.94. The maximum Gasteiger partial charge on any atom is 0.237 e. The second-order valence-electron chi connectivity index (χ2n) is 3.51. The molecule has 3 nitrogen and oxygen atoms in total. The van der Waals surface area contributed by atoms with Crippen LogP contribution < -0.4 is 4.74 Å². The van der Waals surface area contributed by atoms with Gasteiger partial charge < -0.3 is 14.2 Å². The van der Waals surface area contributed by atoms with Gasteiger partial charge >= 0.3 is 0 Å². The summed E-state index contributed by atoms with van der Waals surface area (Å²) in [6.07, 6.45) is 1.40. The van der Waals surface area contributed by atoms with Crippen molar-refractivity contribution in [3.8, 4) is 5.75 Å². The number of aryl methyl sites for hydroxylation is 1. The van der Waals surface area contributed by atoms with E-state index in [2.05, 4.69) is 0 Å². The van der Waals surface area contributed by atoms with Gasteiger partial charge in [0.05, 0.1) is 0 Å². The Morgan fingerprint density at radius 3 is 2.60 bits per heavy atom. The first-order chi connectivity index (χ1) is 7.24. The Bertz CT molecular complexity index is 354. The molecule has 1 aliphatic heterocycles. The highest BCUT2D eigenvalue weighted by Crippen LogP contribution is 2.16. The summed E-state index contributed by atoms with van der Waals surface area (Å²) in [6.45, 7) is 4.30. The Kier molecular flexibility index (Phi) is 2.81. The standard InChI is InChI=1S/C12H14O3/c1-9-3-5-11(6-4-9)14-8-12-7-13-10(2)15-12/h3-7,10H,8H2,1-2H3. The fourth-order valence-corrected chi connectivity index (χ4v) is 1.30. The zero-order valence-corrected chi connectivity index (χ0v) is 8.90. The van der Waals surface area contributed by atoms with Crippen molar-refractivity contribution >= 4 is 0 Å². The number of hydrogen-bond donors (Lipinski definition) is 0. The van der Waals surface area contributed by atoms with Crippen molar-refractivity contribution in [1.29, 1.82) is 0 Å². The van der Waals surface area contributed by atoms with Crippen LogP contribution in [-0.4, -0.2) is 12.9 Å². The highest BCUT2D eigenvalue weighted by Gasteiger charge is 2.14. The van der Waals surface area contributed by atoms with Crippen LogP contribution >= 0.6 is 0 Å². The Morgan fingerprint density at radius 2 is 2.00 bits per heavy atom. The first kappa shape index (κ1) is 9.90. The fraction of sp³-hybridized carbons (Fsp3) is 0.333. The molecule has 15 heavy (non-hydrogen) atoms. The average molecular weight is 206 g/mol. The summed E-state index contributed by atoms with van der Waals surface area (Å²) in [5.74, 6) is 1.56. The topological polar surface area (TPSA) is 27.7 Å². The van der Waals surface area contributed by atoms with Crippen LogP contribution in [0.15, 0.2) is 36.3 Å². The highest BCUT2D eigenvalue weighted by molar-refractivity contribution is 5.26. The molecule has 0 bridgehead atoms. The van der Waals surface area contributed by atoms with Gasteiger partial charge in [0, 0.05) is 6.92 Å². The predicted molar refractivity (Wildman–Crippen MR) is 56.4 cm³/mol. The monoisotopic (exact) mass is 206 g/mol. The molecule has 2 rings (SSSR count). The van der Waals surface area contributed by atoms with Gasteiger partial charge in [0.25, 0.3) is 0 Å². The Morgan fingerprint density at radius 1 is 1.27 bits per heavy atom. The van der Waals surface area contributed by atoms with Gasteiger partial charge in [-0.25, -0.2) is 0 Å². The van der Waals surface area contributed by atoms with E-state index in [-0.39, 0.29) is 6.29 Å². The molecule has 0 saturated heterocycles. The molecule has 0 radical (unpaired) electrons. The number of benzene rings is 1. The predicted octanol–water partition coefficient (Wildman–Crippen LogP) is 2.61. The van der Waals surface area contributed by atoms with Crippen molar-refractivity contribution in [2.24, 2.45) is 0 Å². The Hall–Kier alpha value is -1.64. The highest BCUT2D eigenvalue weighted by atomic mass is 16.7. The number of ether oxygens (including phenoxy) is 3. The molecule has 0 aromatic heterocycles. The van der Waals surface area contributed by atoms with E-state index in [1.807, 2.05) is 38.1 Å². The van der Waals surface area contributed by atoms with Crippen LogP contribution in [0.4, 0.5) is 0 Å². The largest absolute Gasteiger partial charge is 0.486 e. The minimum Gasteiger partial charge on any atom is -0.486 e. The zero-order valence-electron chi connectivity index (χ0n) is 8.90. The summed E-state index contributed by atoms with van der Waals surface area (Å²) in [6, 6.07) is 7.90. The van der Waals surface area contributed by atoms with E-state index in [4.69, 9.17) is 14.2 Å². The maximum atomic E-state index is 5.52. The van der Waals surface area contributed by atoms with Gasteiger partial charge in [-0.15, -0.1) is 0 Å². The van der Waals surface area contributed by atoms with E-state index in [0.717, 1.165) is 11.5 Å². The van der Waals surface area contributed by atoms with E-state index >= 15 is 0 Å². The molecule has 0 amide bonds. The molecule has 0 spiro atoms. The Balaban J connectivity index is 1.86. The molecule has 0 aliphatic carbocycles. The summed E-state index contributed by atoms with van der Waals surface area (Å²) in [5, 5.41) is 0. The van der Waals surface area contributed by atoms with Gasteiger partial charge in [0.2, 0.25) is 6.29 Å². The molecule has 3 heteroatoms. The van der Waals surface area contributed by atoms with Crippen LogP contribution in [0.5, 0.6) is 5.75 Å². The molecule has 1 aromatic rings. The molecule has 0 saturated carbocycles. The third-order valence-corrected chi connectivity index (χ3v) is 2.11. The van der Waals surface area contributed by atoms with Crippen LogP contribution in [0, 0.1) is 6.92 Å². The second-order valence-corrected chi connectivity index (χ2v) is 3.51. The lowest BCUT2D eigenvalue weighted by Gasteiger charge is -2.08. The third-order valence-electron chi connectivity index (χ3n) is 2.11. The van der Waals surface area contributed by atoms with Crippen molar-refractivity contribution in [3.05, 3.63) is 41.9 Å². The van der Waals surface area contributed by atoms with Gasteiger partial charge in [-0.2, -0.15) is 0 Å². The third kappa shape index (κ3) is 2.65. The summed E-state index contributed by atoms with van der Waals surface area (Å²) in [4.78, 5) is 0. The molecular weight excluding hydrogens is 192 g/mol. The lowest BCUT2D eigenvalue weighted by molar-refractivity contribution is -0.0201. The van der Waals surface area contributed by atoms with Crippen molar-refractivity contribution in [3.63, 3.8) is 0 Å². The Labute approximate surface area is 89.3 Å². The zero-order chi connectivity index (χ0) is 10.7. The van der Waals surface area contributed by atoms with Crippen LogP contribution in [0.25, 0.3) is 0 Å². The molecule has 1 atom stereocenters. The van der Waals surface area contributed by atoms with Gasteiger partial charge in [0.15, 0.2) is 5.76 Å². The maximum absolute atomic E-state index is 5.52. The van der Waals surface area contributed by atoms with Crippen molar-refractivity contribution in [2.75, 3.05) is 6.61 Å². The van der Waals surface area contributed by atoms with Crippen LogP contribution in [0.1, 0.15) is 12.5 Å². The van der Waals surface area contributed by atoms with Crippen LogP contribution in [0.2, 0.25) is 0 Å². The van der Waals surface area contributed by atoms with Gasteiger partial charge in [-0.1, -0.05) is 17.7 Å². The van der Waals surface area contributed by atoms with Gasteiger partial charge in [-0.05, 0) is 19.1 Å². The van der Waals surface area contributed by atoms with E-state index in [9.17, 15) is 0 Å². The first-order valence-electron chi connectivity index (χ1n) is 4.94. The lowest BCUT2D eigenvalue weighted by Crippen LogP contribution is -2.06. The summed E-state index contributed by atoms with van der Waals surface area (Å²) in [7, 11) is 0. The van der Waals surface area contributed by atoms with Crippen molar-refractivity contribution in [2.45, 2.75) is 20.1 Å². The molecular formula is C12H14O3. The van der Waals surface area contributed by atoms with Crippen molar-refractivity contribution < 1.29 is 14.2 Å². The molecule has 1 unspecified atom stereocenters. The van der Waals surface area contributed by atoms with Crippen molar-refractivity contribution in [1.82, 2.24) is 0 Å². The summed E-state index contributed by atoms with van der Waals surface area (Å²) >= 11 is 0. The number of rotatable bonds is 3. The van der Waals surface area contributed by atoms with E-state index in [1.54, 1.807) is 6.26 Å². The normalized spacial score (nSPS) is 19.1. The fourth-order valence-electron chi connectivity index (χ4n) is 1.30. The molecule has 0 N–H and O–H groups in total. The average Bonchev–Trinajstić information content (AvgIpc) is 2.64. The molecule has 1 heterocycles. The summed E-state index contributed by atoms with van der Waals surface area (Å²) < 4.78 is 15.9. The SMILES string of the molecule is Cc1ccc(OCC2=COC(C)O2)cc1. The van der Waals surface area contributed by atoms with E-state index in [1.165, 1.54) is 5.56 Å². The van der Waals surface area contributed by atoms with Crippen LogP contribution in [0.3, 0.4) is 0 Å². The lowest BCUT2D eigenvalue weighted by atomic mass is 10.2. The number of hydrogen-bond acceptors (Lipinski definition) is 3. The molecule has 80 valence electrons. The summed E-state index contributed by atoms with van der Waals surface area (Å²) in [5.41, 5.74) is 1.22. The van der Waals surface area contributed by atoms with Gasteiger partial charge in [-0.3, -0.25) is 0 Å². The van der Waals surface area contributed by atoms with Crippen LogP contribution in [-0.2, 0) is 9.47 Å². The quantitative estimate of drug-likeness (QED) is 0.760. The smallest absolute Gasteiger partial charge is 0.237 e. The van der Waals surface area contributed by atoms with E-state index < -0.39 is 0 Å². The molecule has 0 fully saturated rings. The molecule has 1 aliphatic rings. The minimum absolute atomic E-state index is 0.193. The minimum atomic E-state index is -0.193. The van der Waals surface area contributed by atoms with Gasteiger partial charge in [0.1, 0.15) is 18.6 Å². The van der Waals surface area contributed by atoms with E-state index in [0.29, 0.717) is 6.61 Å². The second kappa shape index (κ2) is 4.26. The molecule has 1 aromatic carbocycles.